The summed E-state index contributed by atoms with van der Waals surface area (Å²) in [6.45, 7) is 31.8. The van der Waals surface area contributed by atoms with Gasteiger partial charge in [0.2, 0.25) is 0 Å². The largest absolute Gasteiger partial charge is 0.512 e. The number of rotatable bonds is 15. The summed E-state index contributed by atoms with van der Waals surface area (Å²) in [7, 11) is 0. The summed E-state index contributed by atoms with van der Waals surface area (Å²) in [6.07, 6.45) is 7.94. The minimum absolute atomic E-state index is 0. The second-order valence-corrected chi connectivity index (χ2v) is 39.1. The average Bonchev–Trinajstić information content (AvgIpc) is 1.71. The molecule has 3 N–H and O–H groups in total. The Morgan fingerprint density at radius 1 is 0.344 bits per heavy atom. The van der Waals surface area contributed by atoms with Gasteiger partial charge in [0.05, 0.1) is 33.8 Å². The zero-order valence-electron chi connectivity index (χ0n) is 77.1. The first-order valence-corrected chi connectivity index (χ1v) is 46.5. The second kappa shape index (κ2) is 47.2. The molecule has 0 spiro atoms. The number of hydrogen-bond donors (Lipinski definition) is 3. The smallest absolute Gasteiger partial charge is 0.159 e. The molecule has 12 aromatic carbocycles. The van der Waals surface area contributed by atoms with E-state index >= 15 is 0 Å². The van der Waals surface area contributed by atoms with Crippen LogP contribution in [0, 0.1) is 54.2 Å². The van der Waals surface area contributed by atoms with Crippen LogP contribution in [0.3, 0.4) is 0 Å². The van der Waals surface area contributed by atoms with E-state index in [1.54, 1.807) is 0 Å². The summed E-state index contributed by atoms with van der Waals surface area (Å²) in [5, 5.41) is 29.8. The van der Waals surface area contributed by atoms with Crippen molar-refractivity contribution in [1.29, 1.82) is 0 Å². The number of benzene rings is 12. The molecule has 0 saturated carbocycles. The Labute approximate surface area is 827 Å². The van der Waals surface area contributed by atoms with Gasteiger partial charge >= 0.3 is 0 Å². The predicted molar refractivity (Wildman–Crippen MR) is 537 cm³/mol. The molecule has 0 unspecified atom stereocenters. The number of aliphatic hydroxyl groups excluding tert-OH is 3. The summed E-state index contributed by atoms with van der Waals surface area (Å²) in [6, 6.07) is 107. The first-order chi connectivity index (χ1) is 61.4. The first-order valence-electron chi connectivity index (χ1n) is 44.0. The number of carbonyl (C=O) groups is 3. The number of fused-ring (bicyclic) bond motifs is 18. The first kappa shape index (κ1) is 103. The minimum atomic E-state index is -0.125. The van der Waals surface area contributed by atoms with E-state index in [0.717, 1.165) is 69.6 Å². The molecule has 0 bridgehead atoms. The van der Waals surface area contributed by atoms with Crippen LogP contribution in [-0.4, -0.2) is 47.6 Å². The third-order valence-electron chi connectivity index (χ3n) is 21.5. The fraction of sp³-hybridized carbons (Fsp3) is 0.224. The standard InChI is InChI=1S/2C32H26NS.C31H24NS.C11H20O2.2C5H8O2.3Ir/c1-32(2,3)20-22-9-8-13-29-23(22)17-18-28(33-29)21-15-16-27-25-11-5-4-10-24(25)26-12-6-7-14-30(26)34-31(27)19-21;1-20(2)16-23-18-30(33-29-15-12-21(3)17-28(23)29)22-13-14-27-25-9-5-4-8-24(25)26-10-6-7-11-31(26)34-32(27)19-22;1-20(2)18-21-8-7-12-29-23(21)16-17-28(32-29)22-14-15-27-25-10-4-3-9-24(25)26-11-5-6-13-30(26)33-31(27)19-22;1-8(2)5-10(12)7-11(13)6-9(3)4;2*1-4(6)3-5(2)7;;;/h4-14,16-19H,20H2,1-3H3;4-12,14-15,17-20H,16H2,1-3H3;3-13,15-17,19-20H,18H2,1-2H3;7-9,12H,5-6H2,1-4H3;2*3,6H,1-2H3;;;/q3*-1;;;;;;. The molecule has 0 fully saturated rings. The van der Waals surface area contributed by atoms with Crippen LogP contribution in [0.15, 0.2) is 332 Å². The monoisotopic (exact) mass is 2320 g/mol. The summed E-state index contributed by atoms with van der Waals surface area (Å²) >= 11 is 5.51. The Morgan fingerprint density at radius 2 is 0.687 bits per heavy atom. The van der Waals surface area contributed by atoms with Gasteiger partial charge in [0, 0.05) is 122 Å². The van der Waals surface area contributed by atoms with Crippen molar-refractivity contribution in [3.05, 3.63) is 343 Å². The average molecular weight is 2320 g/mol. The molecular weight excluding hydrogens is 2200 g/mol. The fourth-order valence-electron chi connectivity index (χ4n) is 16.2. The third kappa shape index (κ3) is 27.2. The molecule has 0 atom stereocenters. The Kier molecular flexibility index (Phi) is 37.0. The second-order valence-electron chi connectivity index (χ2n) is 35.9. The van der Waals surface area contributed by atoms with E-state index in [9.17, 15) is 19.5 Å². The van der Waals surface area contributed by atoms with Crippen molar-refractivity contribution < 1.29 is 90.0 Å². The van der Waals surface area contributed by atoms with Gasteiger partial charge in [-0.25, -0.2) is 0 Å². The normalized spacial score (nSPS) is 12.0. The van der Waals surface area contributed by atoms with E-state index in [-0.39, 0.29) is 100 Å². The van der Waals surface area contributed by atoms with Crippen LogP contribution in [0.25, 0.3) is 133 Å². The Balaban J connectivity index is 0.000000177. The van der Waals surface area contributed by atoms with E-state index in [1.165, 1.54) is 180 Å². The van der Waals surface area contributed by atoms with Crippen LogP contribution >= 0.6 is 35.3 Å². The number of aliphatic hydroxyl groups is 3. The minimum Gasteiger partial charge on any atom is -0.512 e. The van der Waals surface area contributed by atoms with Gasteiger partial charge in [-0.3, -0.25) is 29.3 Å². The van der Waals surface area contributed by atoms with Crippen LogP contribution in [0.2, 0.25) is 0 Å². The quantitative estimate of drug-likeness (QED) is 0.0509. The number of pyridine rings is 3. The number of ketones is 3. The van der Waals surface area contributed by atoms with Crippen LogP contribution in [-0.2, 0) is 94.0 Å². The van der Waals surface area contributed by atoms with E-state index in [4.69, 9.17) is 25.2 Å². The van der Waals surface area contributed by atoms with Crippen molar-refractivity contribution in [2.75, 3.05) is 0 Å². The predicted octanol–water partition coefficient (Wildman–Crippen LogP) is 32.0. The number of aryl methyl sites for hydroxylation is 1. The number of allylic oxidation sites excluding steroid dienone is 6. The van der Waals surface area contributed by atoms with Crippen LogP contribution < -0.4 is 0 Å². The van der Waals surface area contributed by atoms with Gasteiger partial charge in [-0.1, -0.05) is 318 Å². The third-order valence-corrected chi connectivity index (χ3v) is 24.9. The summed E-state index contributed by atoms with van der Waals surface area (Å²) in [5.74, 6) is 2.06. The van der Waals surface area contributed by atoms with Crippen molar-refractivity contribution in [2.45, 2.75) is 172 Å². The molecule has 0 saturated heterocycles. The summed E-state index contributed by atoms with van der Waals surface area (Å²) in [5.41, 5.74) is 30.0. The molecule has 15 aromatic rings. The molecule has 6 heterocycles. The van der Waals surface area contributed by atoms with Crippen LogP contribution in [0.1, 0.15) is 139 Å². The molecule has 131 heavy (non-hydrogen) atoms. The number of nitrogens with zero attached hydrogens (tertiary/aromatic N) is 3. The Hall–Kier alpha value is -10.5. The fourth-order valence-corrected chi connectivity index (χ4v) is 19.6. The zero-order chi connectivity index (χ0) is 91.0. The van der Waals surface area contributed by atoms with Gasteiger partial charge in [0.1, 0.15) is 0 Å². The zero-order valence-corrected chi connectivity index (χ0v) is 86.7. The van der Waals surface area contributed by atoms with E-state index < -0.39 is 0 Å². The van der Waals surface area contributed by atoms with Gasteiger partial charge < -0.3 is 15.3 Å². The number of aromatic nitrogens is 3. The molecule has 15 heteroatoms. The van der Waals surface area contributed by atoms with Gasteiger partial charge in [-0.2, -0.15) is 0 Å². The maximum atomic E-state index is 11.2. The summed E-state index contributed by atoms with van der Waals surface area (Å²) < 4.78 is 0. The van der Waals surface area contributed by atoms with E-state index in [0.29, 0.717) is 36.5 Å². The van der Waals surface area contributed by atoms with Crippen molar-refractivity contribution in [2.24, 2.45) is 29.1 Å². The Morgan fingerprint density at radius 3 is 1.05 bits per heavy atom. The van der Waals surface area contributed by atoms with Crippen LogP contribution in [0.4, 0.5) is 0 Å². The van der Waals surface area contributed by atoms with E-state index in [1.807, 2.05) is 63.0 Å². The topological polar surface area (TPSA) is 151 Å². The van der Waals surface area contributed by atoms with Crippen molar-refractivity contribution in [1.82, 2.24) is 15.0 Å². The molecule has 0 amide bonds. The molecule has 3 radical (unpaired) electrons. The van der Waals surface area contributed by atoms with E-state index in [2.05, 4.69) is 341 Å². The van der Waals surface area contributed by atoms with Gasteiger partial charge in [0.25, 0.3) is 0 Å². The van der Waals surface area contributed by atoms with Crippen molar-refractivity contribution >= 4 is 85.3 Å². The molecule has 3 aliphatic heterocycles. The van der Waals surface area contributed by atoms with Crippen LogP contribution in [0.5, 0.6) is 0 Å². The summed E-state index contributed by atoms with van der Waals surface area (Å²) in [4.78, 5) is 54.0. The molecular formula is C116H112Ir3N3O6S3-3. The molecule has 9 nitrogen and oxygen atoms in total. The molecule has 3 aromatic heterocycles. The van der Waals surface area contributed by atoms with Gasteiger partial charge in [0.15, 0.2) is 17.3 Å². The molecule has 0 aliphatic carbocycles. The maximum absolute atomic E-state index is 11.2. The van der Waals surface area contributed by atoms with Crippen molar-refractivity contribution in [3.8, 4) is 101 Å². The molecule has 675 valence electrons. The van der Waals surface area contributed by atoms with Crippen molar-refractivity contribution in [3.63, 3.8) is 0 Å². The SMILES string of the molecule is CC(=O)C=C(C)O.CC(=O)C=C(C)O.CC(C)(C)Cc1cccc2nc(-c3[c-]cc4c(c3)Sc3ccccc3-c3ccccc3-4)ccc12.CC(C)CC(=O)C=C(O)CC(C)C.CC(C)Cc1cccc2nc(-c3[c-]cc4c(c3)Sc3ccccc3-c3ccccc3-4)ccc12.Cc1ccc2nc(-c3[c-]cc4c(c3)Sc3ccccc3-c3ccccc3-4)cc(CC(C)C)c2c1.[Ir].[Ir].[Ir]. The molecule has 18 rings (SSSR count). The Bertz CT molecular complexity index is 6680. The molecule has 3 aliphatic rings. The number of carbonyl (C=O) groups excluding carboxylic acids is 3. The maximum Gasteiger partial charge on any atom is 0.159 e. The number of hydrogen-bond acceptors (Lipinski definition) is 12. The van der Waals surface area contributed by atoms with Gasteiger partial charge in [-0.15, -0.1) is 107 Å². The van der Waals surface area contributed by atoms with Gasteiger partial charge in [-0.05, 0) is 193 Å².